The first-order valence-corrected chi connectivity index (χ1v) is 10.2. The highest BCUT2D eigenvalue weighted by atomic mass is 32.1. The van der Waals surface area contributed by atoms with Crippen LogP contribution in [0.25, 0.3) is 5.69 Å². The Kier molecular flexibility index (Phi) is 5.13. The third-order valence-corrected chi connectivity index (χ3v) is 5.88. The molecule has 0 spiro atoms. The molecule has 1 aliphatic heterocycles. The Morgan fingerprint density at radius 3 is 2.55 bits per heavy atom. The van der Waals surface area contributed by atoms with E-state index in [1.165, 1.54) is 11.6 Å². The number of nitrogens with zero attached hydrogens (tertiary/aromatic N) is 3. The van der Waals surface area contributed by atoms with Crippen LogP contribution in [0.1, 0.15) is 48.6 Å². The summed E-state index contributed by atoms with van der Waals surface area (Å²) in [5, 5.41) is 4.21. The van der Waals surface area contributed by atoms with Crippen LogP contribution in [0, 0.1) is 19.7 Å². The lowest BCUT2D eigenvalue weighted by molar-refractivity contribution is 0.269. The molecule has 0 unspecified atom stereocenters. The Hall–Kier alpha value is -2.73. The van der Waals surface area contributed by atoms with Gasteiger partial charge in [0.1, 0.15) is 5.82 Å². The Morgan fingerprint density at radius 1 is 1.10 bits per heavy atom. The largest absolute Gasteiger partial charge is 0.352 e. The highest BCUT2D eigenvalue weighted by molar-refractivity contribution is 7.80. The average Bonchev–Trinajstić information content (AvgIpc) is 3.18. The van der Waals surface area contributed by atoms with E-state index in [1.54, 1.807) is 12.1 Å². The molecular weight excluding hydrogens is 383 g/mol. The van der Waals surface area contributed by atoms with Crippen molar-refractivity contribution >= 4 is 17.3 Å². The van der Waals surface area contributed by atoms with Crippen molar-refractivity contribution in [2.24, 2.45) is 0 Å². The Morgan fingerprint density at radius 2 is 1.90 bits per heavy atom. The van der Waals surface area contributed by atoms with Gasteiger partial charge in [0, 0.05) is 29.3 Å². The minimum Gasteiger partial charge on any atom is -0.352 e. The number of benzene rings is 1. The van der Waals surface area contributed by atoms with Gasteiger partial charge in [-0.05, 0) is 81.9 Å². The summed E-state index contributed by atoms with van der Waals surface area (Å²) in [6.07, 6.45) is 1.81. The number of thiocarbonyl (C=S) groups is 1. The molecule has 0 aliphatic carbocycles. The number of pyridine rings is 1. The van der Waals surface area contributed by atoms with Gasteiger partial charge in [0.2, 0.25) is 0 Å². The van der Waals surface area contributed by atoms with Crippen LogP contribution in [0.3, 0.4) is 0 Å². The zero-order valence-electron chi connectivity index (χ0n) is 17.1. The van der Waals surface area contributed by atoms with Crippen molar-refractivity contribution in [3.8, 4) is 5.69 Å². The zero-order valence-corrected chi connectivity index (χ0v) is 17.9. The van der Waals surface area contributed by atoms with Crippen LogP contribution >= 0.6 is 12.2 Å². The molecule has 150 valence electrons. The predicted molar refractivity (Wildman–Crippen MR) is 118 cm³/mol. The third kappa shape index (κ3) is 3.42. The number of aromatic nitrogens is 2. The standard InChI is InChI=1S/C23H25FN4S/c1-14(2)27-22(21(26-23(27)29)20-10-5-6-11-25-20)19-12-15(3)28(16(19)4)18-9-7-8-17(24)13-18/h5-14,21-22H,1-4H3,(H,26,29)/t21-,22+/m1/s1. The van der Waals surface area contributed by atoms with Crippen LogP contribution in [-0.2, 0) is 0 Å². The van der Waals surface area contributed by atoms with E-state index in [1.807, 2.05) is 30.5 Å². The molecule has 6 heteroatoms. The summed E-state index contributed by atoms with van der Waals surface area (Å²) in [4.78, 5) is 6.83. The molecule has 4 nitrogen and oxygen atoms in total. The van der Waals surface area contributed by atoms with Crippen molar-refractivity contribution in [3.05, 3.63) is 83.2 Å². The molecule has 1 fully saturated rings. The first-order chi connectivity index (χ1) is 13.9. The molecule has 2 aromatic heterocycles. The van der Waals surface area contributed by atoms with Gasteiger partial charge in [0.15, 0.2) is 5.11 Å². The molecule has 3 aromatic rings. The van der Waals surface area contributed by atoms with Gasteiger partial charge in [-0.15, -0.1) is 0 Å². The molecule has 0 radical (unpaired) electrons. The molecule has 1 aromatic carbocycles. The molecule has 1 saturated heterocycles. The molecule has 0 amide bonds. The SMILES string of the molecule is Cc1cc([C@H]2[C@@H](c3ccccn3)NC(=S)N2C(C)C)c(C)n1-c1cccc(F)c1. The second kappa shape index (κ2) is 7.59. The second-order valence-corrected chi connectivity index (χ2v) is 8.16. The van der Waals surface area contributed by atoms with Crippen molar-refractivity contribution in [2.75, 3.05) is 0 Å². The fourth-order valence-electron chi connectivity index (χ4n) is 4.35. The number of hydrogen-bond donors (Lipinski definition) is 1. The topological polar surface area (TPSA) is 33.1 Å². The molecule has 0 saturated carbocycles. The van der Waals surface area contributed by atoms with Crippen molar-refractivity contribution in [1.29, 1.82) is 0 Å². The summed E-state index contributed by atoms with van der Waals surface area (Å²) in [6.45, 7) is 8.43. The van der Waals surface area contributed by atoms with Crippen LogP contribution in [-0.4, -0.2) is 25.6 Å². The maximum Gasteiger partial charge on any atom is 0.170 e. The molecule has 0 bridgehead atoms. The van der Waals surface area contributed by atoms with Gasteiger partial charge in [-0.25, -0.2) is 4.39 Å². The van der Waals surface area contributed by atoms with Gasteiger partial charge in [0.05, 0.1) is 17.8 Å². The fraction of sp³-hybridized carbons (Fsp3) is 0.304. The summed E-state index contributed by atoms with van der Waals surface area (Å²) in [7, 11) is 0. The summed E-state index contributed by atoms with van der Waals surface area (Å²) in [6, 6.07) is 15.0. The molecule has 2 atom stereocenters. The minimum atomic E-state index is -0.240. The first kappa shape index (κ1) is 19.6. The van der Waals surface area contributed by atoms with Crippen molar-refractivity contribution in [2.45, 2.75) is 45.8 Å². The van der Waals surface area contributed by atoms with Crippen LogP contribution in [0.15, 0.2) is 54.7 Å². The summed E-state index contributed by atoms with van der Waals surface area (Å²) < 4.78 is 16.0. The highest BCUT2D eigenvalue weighted by Gasteiger charge is 2.42. The summed E-state index contributed by atoms with van der Waals surface area (Å²) in [5.41, 5.74) is 5.09. The highest BCUT2D eigenvalue weighted by Crippen LogP contribution is 2.42. The first-order valence-electron chi connectivity index (χ1n) is 9.83. The molecule has 1 aliphatic rings. The van der Waals surface area contributed by atoms with E-state index >= 15 is 0 Å². The van der Waals surface area contributed by atoms with E-state index in [9.17, 15) is 4.39 Å². The molecule has 3 heterocycles. The number of rotatable bonds is 4. The van der Waals surface area contributed by atoms with Crippen LogP contribution in [0.5, 0.6) is 0 Å². The van der Waals surface area contributed by atoms with Gasteiger partial charge < -0.3 is 14.8 Å². The van der Waals surface area contributed by atoms with Gasteiger partial charge in [-0.2, -0.15) is 0 Å². The summed E-state index contributed by atoms with van der Waals surface area (Å²) >= 11 is 5.69. The predicted octanol–water partition coefficient (Wildman–Crippen LogP) is 5.01. The lowest BCUT2D eigenvalue weighted by atomic mass is 9.96. The monoisotopic (exact) mass is 408 g/mol. The van der Waals surface area contributed by atoms with E-state index in [2.05, 4.69) is 53.5 Å². The maximum atomic E-state index is 13.9. The molecular formula is C23H25FN4S. The number of hydrogen-bond acceptors (Lipinski definition) is 2. The Bertz CT molecular complexity index is 1040. The van der Waals surface area contributed by atoms with E-state index in [0.29, 0.717) is 0 Å². The van der Waals surface area contributed by atoms with Gasteiger partial charge in [-0.3, -0.25) is 4.98 Å². The second-order valence-electron chi connectivity index (χ2n) is 7.77. The van der Waals surface area contributed by atoms with Gasteiger partial charge in [-0.1, -0.05) is 12.1 Å². The van der Waals surface area contributed by atoms with E-state index in [0.717, 1.165) is 27.9 Å². The van der Waals surface area contributed by atoms with Crippen molar-refractivity contribution in [3.63, 3.8) is 0 Å². The zero-order chi connectivity index (χ0) is 20.7. The Balaban J connectivity index is 1.86. The van der Waals surface area contributed by atoms with Crippen LogP contribution < -0.4 is 5.32 Å². The van der Waals surface area contributed by atoms with Crippen molar-refractivity contribution in [1.82, 2.24) is 19.8 Å². The van der Waals surface area contributed by atoms with Crippen LogP contribution in [0.2, 0.25) is 0 Å². The summed E-state index contributed by atoms with van der Waals surface area (Å²) in [5.74, 6) is -0.240. The van der Waals surface area contributed by atoms with Gasteiger partial charge >= 0.3 is 0 Å². The lowest BCUT2D eigenvalue weighted by Crippen LogP contribution is -2.35. The molecule has 4 rings (SSSR count). The molecule has 29 heavy (non-hydrogen) atoms. The van der Waals surface area contributed by atoms with Crippen LogP contribution in [0.4, 0.5) is 4.39 Å². The van der Waals surface area contributed by atoms with E-state index in [4.69, 9.17) is 12.2 Å². The normalized spacial score (nSPS) is 19.1. The van der Waals surface area contributed by atoms with Crippen molar-refractivity contribution < 1.29 is 4.39 Å². The average molecular weight is 409 g/mol. The minimum absolute atomic E-state index is 0.00547. The third-order valence-electron chi connectivity index (χ3n) is 5.55. The Labute approximate surface area is 176 Å². The number of halogens is 1. The van der Waals surface area contributed by atoms with E-state index in [-0.39, 0.29) is 23.9 Å². The van der Waals surface area contributed by atoms with E-state index < -0.39 is 0 Å². The maximum absolute atomic E-state index is 13.9. The number of nitrogens with one attached hydrogen (secondary N) is 1. The molecule has 1 N–H and O–H groups in total. The number of aryl methyl sites for hydroxylation is 1. The fourth-order valence-corrected chi connectivity index (χ4v) is 4.81. The quantitative estimate of drug-likeness (QED) is 0.615. The smallest absolute Gasteiger partial charge is 0.170 e. The lowest BCUT2D eigenvalue weighted by Gasteiger charge is -2.31. The van der Waals surface area contributed by atoms with Gasteiger partial charge in [0.25, 0.3) is 0 Å².